The standard InChI is InChI=1S/C35H60N3O11P/c1-4-6-8-10-12-17-23-44-34(41)46-25-19-27-48-50(43,49-28-20-26-47-35(42)45-24-18-13-11-9-7-5-2)37-33(36)38(3)31(32(39)40)29-30-21-15-14-16-22-30/h14-16,21-22,31H,4-13,17-20,23-29H2,1-3H3,(H,39,40)(H2,36,37,43). The number of hydrogen-bond acceptors (Lipinski definition) is 10. The van der Waals surface area contributed by atoms with Crippen LogP contribution in [0.1, 0.15) is 109 Å². The SMILES string of the molecule is CCCCCCCCOC(=O)OCCCOP(=O)(N=C(N)N(C)C(Cc1ccccc1)C(=O)O)OCCCOC(=O)OCCCCCCCC. The predicted octanol–water partition coefficient (Wildman–Crippen LogP) is 7.88. The third-order valence-electron chi connectivity index (χ3n) is 7.57. The molecule has 286 valence electrons. The minimum absolute atomic E-state index is 0.0682. The Labute approximate surface area is 297 Å². The van der Waals surface area contributed by atoms with E-state index in [4.69, 9.17) is 33.7 Å². The Morgan fingerprint density at radius 1 is 0.700 bits per heavy atom. The molecule has 1 rings (SSSR count). The Balaban J connectivity index is 2.66. The summed E-state index contributed by atoms with van der Waals surface area (Å²) in [5.74, 6) is -1.53. The molecule has 1 atom stereocenters. The third-order valence-corrected chi connectivity index (χ3v) is 9.04. The van der Waals surface area contributed by atoms with Crippen LogP contribution in [0.3, 0.4) is 0 Å². The fourth-order valence-corrected chi connectivity index (χ4v) is 5.93. The quantitative estimate of drug-likeness (QED) is 0.0267. The molecule has 0 aliphatic carbocycles. The van der Waals surface area contributed by atoms with Gasteiger partial charge in [-0.15, -0.1) is 4.76 Å². The molecule has 0 heterocycles. The van der Waals surface area contributed by atoms with E-state index in [-0.39, 0.29) is 64.9 Å². The zero-order valence-corrected chi connectivity index (χ0v) is 31.2. The van der Waals surface area contributed by atoms with Crippen LogP contribution in [0.4, 0.5) is 9.59 Å². The molecule has 1 aromatic carbocycles. The van der Waals surface area contributed by atoms with Gasteiger partial charge in [-0.2, -0.15) is 0 Å². The zero-order chi connectivity index (χ0) is 36.9. The lowest BCUT2D eigenvalue weighted by atomic mass is 10.1. The first-order valence-electron chi connectivity index (χ1n) is 17.9. The number of ether oxygens (including phenoxy) is 4. The highest BCUT2D eigenvalue weighted by atomic mass is 31.2. The second-order valence-corrected chi connectivity index (χ2v) is 13.5. The van der Waals surface area contributed by atoms with E-state index in [1.54, 1.807) is 24.3 Å². The minimum Gasteiger partial charge on any atom is -0.480 e. The van der Waals surface area contributed by atoms with Gasteiger partial charge in [-0.1, -0.05) is 108 Å². The predicted molar refractivity (Wildman–Crippen MR) is 191 cm³/mol. The largest absolute Gasteiger partial charge is 0.508 e. The number of rotatable bonds is 29. The van der Waals surface area contributed by atoms with Gasteiger partial charge in [0.15, 0.2) is 0 Å². The number of nitrogens with two attached hydrogens (primary N) is 1. The van der Waals surface area contributed by atoms with E-state index in [9.17, 15) is 24.1 Å². The van der Waals surface area contributed by atoms with Gasteiger partial charge in [-0.25, -0.2) is 18.9 Å². The number of carbonyl (C=O) groups is 3. The summed E-state index contributed by atoms with van der Waals surface area (Å²) >= 11 is 0. The number of benzene rings is 1. The molecule has 0 fully saturated rings. The van der Waals surface area contributed by atoms with E-state index in [1.165, 1.54) is 24.8 Å². The summed E-state index contributed by atoms with van der Waals surface area (Å²) in [5.41, 5.74) is 6.88. The van der Waals surface area contributed by atoms with Gasteiger partial charge in [0.2, 0.25) is 5.96 Å². The highest BCUT2D eigenvalue weighted by molar-refractivity contribution is 7.52. The lowest BCUT2D eigenvalue weighted by Gasteiger charge is -2.26. The maximum Gasteiger partial charge on any atom is 0.508 e. The van der Waals surface area contributed by atoms with Gasteiger partial charge in [0.25, 0.3) is 0 Å². The van der Waals surface area contributed by atoms with Crippen molar-refractivity contribution in [2.24, 2.45) is 10.5 Å². The summed E-state index contributed by atoms with van der Waals surface area (Å²) in [6.07, 6.45) is 11.5. The molecule has 14 nitrogen and oxygen atoms in total. The Hall–Kier alpha value is -3.35. The fourth-order valence-electron chi connectivity index (χ4n) is 4.63. The summed E-state index contributed by atoms with van der Waals surface area (Å²) in [6.45, 7) is 4.34. The van der Waals surface area contributed by atoms with Crippen molar-refractivity contribution in [2.75, 3.05) is 46.7 Å². The van der Waals surface area contributed by atoms with Gasteiger partial charge in [0, 0.05) is 26.3 Å². The average molecular weight is 730 g/mol. The van der Waals surface area contributed by atoms with E-state index < -0.39 is 32.1 Å². The molecule has 50 heavy (non-hydrogen) atoms. The van der Waals surface area contributed by atoms with Crippen molar-refractivity contribution >= 4 is 32.0 Å². The molecular formula is C35H60N3O11P. The molecule has 0 amide bonds. The maximum atomic E-state index is 13.7. The number of guanidine groups is 1. The van der Waals surface area contributed by atoms with Crippen LogP contribution >= 0.6 is 7.75 Å². The van der Waals surface area contributed by atoms with E-state index in [0.29, 0.717) is 0 Å². The van der Waals surface area contributed by atoms with Gasteiger partial charge < -0.3 is 34.7 Å². The van der Waals surface area contributed by atoms with Crippen LogP contribution in [0, 0.1) is 0 Å². The van der Waals surface area contributed by atoms with Gasteiger partial charge in [-0.3, -0.25) is 9.05 Å². The molecule has 3 N–H and O–H groups in total. The summed E-state index contributed by atoms with van der Waals surface area (Å²) in [4.78, 5) is 37.0. The van der Waals surface area contributed by atoms with Crippen molar-refractivity contribution in [3.63, 3.8) is 0 Å². The topological polar surface area (TPSA) is 186 Å². The van der Waals surface area contributed by atoms with Crippen LogP contribution in [-0.2, 0) is 43.8 Å². The molecule has 0 radical (unpaired) electrons. The van der Waals surface area contributed by atoms with E-state index >= 15 is 0 Å². The second kappa shape index (κ2) is 28.4. The van der Waals surface area contributed by atoms with Crippen LogP contribution in [-0.4, -0.2) is 87.0 Å². The molecule has 0 aromatic heterocycles. The summed E-state index contributed by atoms with van der Waals surface area (Å²) in [7, 11) is -2.88. The highest BCUT2D eigenvalue weighted by Gasteiger charge is 2.30. The Bertz CT molecular complexity index is 1100. The van der Waals surface area contributed by atoms with Gasteiger partial charge in [-0.05, 0) is 18.4 Å². The molecule has 1 unspecified atom stereocenters. The molecule has 0 saturated carbocycles. The van der Waals surface area contributed by atoms with E-state index in [0.717, 1.165) is 69.8 Å². The number of nitrogens with zero attached hydrogens (tertiary/aromatic N) is 2. The second-order valence-electron chi connectivity index (χ2n) is 11.9. The van der Waals surface area contributed by atoms with Crippen LogP contribution < -0.4 is 5.73 Å². The number of likely N-dealkylation sites (N-methyl/N-ethyl adjacent to an activating group) is 1. The summed E-state index contributed by atoms with van der Waals surface area (Å²) in [6, 6.07) is 7.85. The Kier molecular flexibility index (Phi) is 25.3. The molecule has 1 aromatic rings. The molecular weight excluding hydrogens is 669 g/mol. The number of carbonyl (C=O) groups excluding carboxylic acids is 2. The lowest BCUT2D eigenvalue weighted by molar-refractivity contribution is -0.141. The molecule has 0 saturated heterocycles. The smallest absolute Gasteiger partial charge is 0.480 e. The molecule has 0 bridgehead atoms. The van der Waals surface area contributed by atoms with Crippen LogP contribution in [0.25, 0.3) is 0 Å². The first-order valence-corrected chi connectivity index (χ1v) is 19.4. The number of aliphatic carboxylic acids is 1. The average Bonchev–Trinajstić information content (AvgIpc) is 3.09. The first-order chi connectivity index (χ1) is 24.1. The molecule has 0 aliphatic heterocycles. The van der Waals surface area contributed by atoms with Crippen LogP contribution in [0.15, 0.2) is 35.1 Å². The van der Waals surface area contributed by atoms with E-state index in [2.05, 4.69) is 18.6 Å². The van der Waals surface area contributed by atoms with Gasteiger partial charge >= 0.3 is 26.0 Å². The zero-order valence-electron chi connectivity index (χ0n) is 30.3. The highest BCUT2D eigenvalue weighted by Crippen LogP contribution is 2.50. The van der Waals surface area contributed by atoms with Crippen LogP contribution in [0.5, 0.6) is 0 Å². The lowest BCUT2D eigenvalue weighted by Crippen LogP contribution is -2.47. The monoisotopic (exact) mass is 729 g/mol. The number of hydrogen-bond donors (Lipinski definition) is 2. The van der Waals surface area contributed by atoms with Crippen molar-refractivity contribution in [3.8, 4) is 0 Å². The van der Waals surface area contributed by atoms with Crippen molar-refractivity contribution in [1.82, 2.24) is 4.90 Å². The fraction of sp³-hybridized carbons (Fsp3) is 0.714. The third kappa shape index (κ3) is 22.4. The molecule has 0 aliphatic rings. The molecule has 15 heteroatoms. The Morgan fingerprint density at radius 2 is 1.12 bits per heavy atom. The van der Waals surface area contributed by atoms with E-state index in [1.807, 2.05) is 6.07 Å². The summed E-state index contributed by atoms with van der Waals surface area (Å²) < 4.78 is 48.9. The summed E-state index contributed by atoms with van der Waals surface area (Å²) in [5, 5.41) is 9.88. The van der Waals surface area contributed by atoms with Crippen molar-refractivity contribution in [3.05, 3.63) is 35.9 Å². The van der Waals surface area contributed by atoms with Crippen molar-refractivity contribution < 1.29 is 52.1 Å². The minimum atomic E-state index is -4.29. The number of unbranched alkanes of at least 4 members (excludes halogenated alkanes) is 10. The van der Waals surface area contributed by atoms with Gasteiger partial charge in [0.1, 0.15) is 6.04 Å². The Morgan fingerprint density at radius 3 is 1.56 bits per heavy atom. The van der Waals surface area contributed by atoms with Crippen LogP contribution in [0.2, 0.25) is 0 Å². The maximum absolute atomic E-state index is 13.7. The number of carboxylic acids is 1. The first kappa shape index (κ1) is 44.7. The normalized spacial score (nSPS) is 12.3. The van der Waals surface area contributed by atoms with Gasteiger partial charge in [0.05, 0.1) is 39.6 Å². The van der Waals surface area contributed by atoms with Crippen molar-refractivity contribution in [2.45, 2.75) is 116 Å². The van der Waals surface area contributed by atoms with Crippen molar-refractivity contribution in [1.29, 1.82) is 0 Å². The molecule has 0 spiro atoms. The number of carboxylic acid groups (broad SMARTS) is 1.